The van der Waals surface area contributed by atoms with Crippen LogP contribution in [-0.4, -0.2) is 48.5 Å². The van der Waals surface area contributed by atoms with E-state index in [1.54, 1.807) is 37.0 Å². The molecular formula is C23H21N3O6. The lowest BCUT2D eigenvalue weighted by atomic mass is 10.1. The highest BCUT2D eigenvalue weighted by Crippen LogP contribution is 2.39. The van der Waals surface area contributed by atoms with E-state index in [0.717, 1.165) is 18.2 Å². The van der Waals surface area contributed by atoms with Crippen molar-refractivity contribution in [1.29, 1.82) is 0 Å². The minimum atomic E-state index is -0.143. The number of ether oxygens (including phenoxy) is 5. The number of aromatic nitrogens is 3. The summed E-state index contributed by atoms with van der Waals surface area (Å²) in [5.41, 5.74) is 1.77. The topological polar surface area (TPSA) is 93.9 Å². The van der Waals surface area contributed by atoms with Crippen molar-refractivity contribution in [3.8, 4) is 23.0 Å². The first-order chi connectivity index (χ1) is 15.7. The number of rotatable bonds is 4. The van der Waals surface area contributed by atoms with Gasteiger partial charge in [0.25, 0.3) is 5.56 Å². The Balaban J connectivity index is 1.75. The molecule has 1 fully saturated rings. The molecule has 1 unspecified atom stereocenters. The van der Waals surface area contributed by atoms with E-state index in [1.807, 2.05) is 6.07 Å². The molecule has 0 saturated carbocycles. The summed E-state index contributed by atoms with van der Waals surface area (Å²) >= 11 is 0. The van der Waals surface area contributed by atoms with Crippen molar-refractivity contribution in [3.05, 3.63) is 34.6 Å². The first kappa shape index (κ1) is 19.1. The maximum Gasteiger partial charge on any atom is 0.259 e. The summed E-state index contributed by atoms with van der Waals surface area (Å²) in [7, 11) is 3.11. The molecule has 164 valence electrons. The Hall–Kier alpha value is -3.59. The molecule has 0 amide bonds. The molecule has 6 rings (SSSR count). The second-order valence-corrected chi connectivity index (χ2v) is 7.92. The van der Waals surface area contributed by atoms with Gasteiger partial charge in [-0.3, -0.25) is 4.79 Å². The number of hydrogen-bond acceptors (Lipinski definition) is 8. The summed E-state index contributed by atoms with van der Waals surface area (Å²) in [5, 5.41) is 10.9. The largest absolute Gasteiger partial charge is 0.493 e. The fourth-order valence-electron chi connectivity index (χ4n) is 4.60. The van der Waals surface area contributed by atoms with E-state index in [4.69, 9.17) is 23.7 Å². The van der Waals surface area contributed by atoms with E-state index in [2.05, 4.69) is 10.2 Å². The Kier molecular flexibility index (Phi) is 4.32. The van der Waals surface area contributed by atoms with E-state index in [9.17, 15) is 4.79 Å². The lowest BCUT2D eigenvalue weighted by Crippen LogP contribution is -2.27. The zero-order valence-corrected chi connectivity index (χ0v) is 17.7. The van der Waals surface area contributed by atoms with Gasteiger partial charge in [0, 0.05) is 23.4 Å². The molecule has 2 aliphatic rings. The summed E-state index contributed by atoms with van der Waals surface area (Å²) < 4.78 is 29.6. The fourth-order valence-corrected chi connectivity index (χ4v) is 4.60. The second kappa shape index (κ2) is 7.23. The Morgan fingerprint density at radius 1 is 1.00 bits per heavy atom. The van der Waals surface area contributed by atoms with Crippen molar-refractivity contribution >= 4 is 32.7 Å². The molecule has 0 radical (unpaired) electrons. The predicted octanol–water partition coefficient (Wildman–Crippen LogP) is 3.02. The summed E-state index contributed by atoms with van der Waals surface area (Å²) in [6.07, 6.45) is 1.85. The molecule has 1 saturated heterocycles. The van der Waals surface area contributed by atoms with Gasteiger partial charge in [-0.1, -0.05) is 0 Å². The third-order valence-corrected chi connectivity index (χ3v) is 6.16. The average molecular weight is 435 g/mol. The van der Waals surface area contributed by atoms with Gasteiger partial charge in [-0.25, -0.2) is 0 Å². The number of pyridine rings is 1. The minimum absolute atomic E-state index is 0.0364. The van der Waals surface area contributed by atoms with Crippen LogP contribution < -0.4 is 24.5 Å². The first-order valence-corrected chi connectivity index (χ1v) is 10.5. The standard InChI is InChI=1S/C23H21N3O6/c1-28-17-6-13-14(7-18(17)29-2)23(27)26(10-12-4-3-5-30-12)22-15-8-19-20(32-11-31-19)9-16(15)24-25-21(13)22/h6-9,12H,3-5,10-11H2,1-2H3. The van der Waals surface area contributed by atoms with Crippen LogP contribution in [0.25, 0.3) is 32.7 Å². The van der Waals surface area contributed by atoms with Crippen molar-refractivity contribution in [2.75, 3.05) is 27.6 Å². The van der Waals surface area contributed by atoms with E-state index in [0.29, 0.717) is 63.5 Å². The number of fused-ring (bicyclic) bond motifs is 6. The number of benzene rings is 2. The van der Waals surface area contributed by atoms with Crippen LogP contribution in [0.5, 0.6) is 23.0 Å². The van der Waals surface area contributed by atoms with Crippen LogP contribution >= 0.6 is 0 Å². The van der Waals surface area contributed by atoms with Gasteiger partial charge in [0.05, 0.1) is 43.3 Å². The van der Waals surface area contributed by atoms with Gasteiger partial charge in [0.1, 0.15) is 5.52 Å². The zero-order valence-electron chi connectivity index (χ0n) is 17.7. The van der Waals surface area contributed by atoms with Crippen LogP contribution in [0, 0.1) is 0 Å². The number of nitrogens with zero attached hydrogens (tertiary/aromatic N) is 3. The molecule has 0 aliphatic carbocycles. The van der Waals surface area contributed by atoms with Gasteiger partial charge < -0.3 is 28.3 Å². The fraction of sp³-hybridized carbons (Fsp3) is 0.348. The molecule has 0 spiro atoms. The van der Waals surface area contributed by atoms with Gasteiger partial charge in [-0.05, 0) is 31.0 Å². The van der Waals surface area contributed by atoms with E-state index >= 15 is 0 Å². The Labute approximate surface area is 182 Å². The quantitative estimate of drug-likeness (QED) is 0.452. The average Bonchev–Trinajstić information content (AvgIpc) is 3.50. The second-order valence-electron chi connectivity index (χ2n) is 7.92. The predicted molar refractivity (Wildman–Crippen MR) is 117 cm³/mol. The molecule has 9 heteroatoms. The highest BCUT2D eigenvalue weighted by Gasteiger charge is 2.24. The molecule has 9 nitrogen and oxygen atoms in total. The molecule has 2 aromatic carbocycles. The van der Waals surface area contributed by atoms with E-state index in [-0.39, 0.29) is 18.5 Å². The van der Waals surface area contributed by atoms with Crippen LogP contribution in [0.3, 0.4) is 0 Å². The Morgan fingerprint density at radius 2 is 1.75 bits per heavy atom. The smallest absolute Gasteiger partial charge is 0.259 e. The number of hydrogen-bond donors (Lipinski definition) is 0. The molecule has 2 aromatic heterocycles. The summed E-state index contributed by atoms with van der Waals surface area (Å²) in [5.74, 6) is 2.24. The van der Waals surface area contributed by atoms with Gasteiger partial charge in [0.15, 0.2) is 23.0 Å². The van der Waals surface area contributed by atoms with Crippen LogP contribution in [0.2, 0.25) is 0 Å². The first-order valence-electron chi connectivity index (χ1n) is 10.5. The van der Waals surface area contributed by atoms with Crippen LogP contribution in [0.1, 0.15) is 12.8 Å². The van der Waals surface area contributed by atoms with Gasteiger partial charge in [-0.15, -0.1) is 10.2 Å². The van der Waals surface area contributed by atoms with Crippen molar-refractivity contribution in [1.82, 2.24) is 14.8 Å². The number of methoxy groups -OCH3 is 2. The Bertz CT molecular complexity index is 1440. The monoisotopic (exact) mass is 435 g/mol. The molecular weight excluding hydrogens is 414 g/mol. The van der Waals surface area contributed by atoms with E-state index < -0.39 is 0 Å². The van der Waals surface area contributed by atoms with Gasteiger partial charge in [-0.2, -0.15) is 0 Å². The molecule has 32 heavy (non-hydrogen) atoms. The molecule has 4 aromatic rings. The van der Waals surface area contributed by atoms with Gasteiger partial charge in [0.2, 0.25) is 6.79 Å². The van der Waals surface area contributed by atoms with Crippen molar-refractivity contribution < 1.29 is 23.7 Å². The Morgan fingerprint density at radius 3 is 2.47 bits per heavy atom. The van der Waals surface area contributed by atoms with Crippen LogP contribution in [0.4, 0.5) is 0 Å². The van der Waals surface area contributed by atoms with Crippen LogP contribution in [-0.2, 0) is 11.3 Å². The van der Waals surface area contributed by atoms with Gasteiger partial charge >= 0.3 is 0 Å². The van der Waals surface area contributed by atoms with E-state index in [1.165, 1.54) is 0 Å². The maximum absolute atomic E-state index is 13.8. The lowest BCUT2D eigenvalue weighted by Gasteiger charge is -2.18. The molecule has 1 atom stereocenters. The molecule has 2 aliphatic heterocycles. The van der Waals surface area contributed by atoms with Crippen molar-refractivity contribution in [3.63, 3.8) is 0 Å². The minimum Gasteiger partial charge on any atom is -0.493 e. The third-order valence-electron chi connectivity index (χ3n) is 6.16. The normalized spacial score (nSPS) is 17.5. The molecule has 0 N–H and O–H groups in total. The lowest BCUT2D eigenvalue weighted by molar-refractivity contribution is 0.0974. The SMILES string of the molecule is COc1cc2c(=O)n(CC3CCCO3)c3c4cc5c(cc4nnc3c2cc1OC)OCO5. The highest BCUT2D eigenvalue weighted by molar-refractivity contribution is 6.13. The van der Waals surface area contributed by atoms with Crippen LogP contribution in [0.15, 0.2) is 29.1 Å². The summed E-state index contributed by atoms with van der Waals surface area (Å²) in [4.78, 5) is 13.8. The molecule has 0 bridgehead atoms. The van der Waals surface area contributed by atoms with Crippen molar-refractivity contribution in [2.45, 2.75) is 25.5 Å². The highest BCUT2D eigenvalue weighted by atomic mass is 16.7. The summed E-state index contributed by atoms with van der Waals surface area (Å²) in [6, 6.07) is 7.14. The molecule has 4 heterocycles. The maximum atomic E-state index is 13.8. The third kappa shape index (κ3) is 2.77. The van der Waals surface area contributed by atoms with Crippen molar-refractivity contribution in [2.24, 2.45) is 0 Å². The summed E-state index contributed by atoms with van der Waals surface area (Å²) in [6.45, 7) is 1.28. The zero-order chi connectivity index (χ0) is 21.8.